The van der Waals surface area contributed by atoms with Crippen LogP contribution in [0.4, 0.5) is 4.79 Å². The van der Waals surface area contributed by atoms with E-state index in [-0.39, 0.29) is 49.4 Å². The molecule has 1 aliphatic rings. The molecule has 0 spiro atoms. The molecule has 228 valence electrons. The van der Waals surface area contributed by atoms with Gasteiger partial charge in [0.1, 0.15) is 17.3 Å². The van der Waals surface area contributed by atoms with Crippen LogP contribution in [0.5, 0.6) is 0 Å². The Balaban J connectivity index is 1.82. The Labute approximate surface area is 252 Å². The number of piperazine rings is 1. The van der Waals surface area contributed by atoms with Crippen LogP contribution in [0.3, 0.4) is 0 Å². The first-order valence-corrected chi connectivity index (χ1v) is 15.2. The van der Waals surface area contributed by atoms with Gasteiger partial charge in [-0.1, -0.05) is 44.2 Å². The second-order valence-corrected chi connectivity index (χ2v) is 12.9. The number of rotatable bonds is 10. The second kappa shape index (κ2) is 15.0. The SMILES string of the molecule is CCOC(=O)N1CCN(C(=O)C(CCC(=O)OC(C)(C)C)NC(=O)c2cc(SC(C)C)cc(-c3ccccc3)n2)CC1. The zero-order chi connectivity index (χ0) is 30.9. The van der Waals surface area contributed by atoms with Crippen LogP contribution in [0.1, 0.15) is 64.9 Å². The molecule has 1 aromatic heterocycles. The first-order chi connectivity index (χ1) is 19.9. The predicted molar refractivity (Wildman–Crippen MR) is 162 cm³/mol. The van der Waals surface area contributed by atoms with E-state index < -0.39 is 29.6 Å². The van der Waals surface area contributed by atoms with Crippen LogP contribution in [0.25, 0.3) is 11.3 Å². The van der Waals surface area contributed by atoms with Crippen LogP contribution >= 0.6 is 11.8 Å². The van der Waals surface area contributed by atoms with Gasteiger partial charge < -0.3 is 24.6 Å². The molecule has 3 amide bonds. The van der Waals surface area contributed by atoms with Crippen LogP contribution in [0.2, 0.25) is 0 Å². The predicted octanol–water partition coefficient (Wildman–Crippen LogP) is 4.77. The first-order valence-electron chi connectivity index (χ1n) is 14.3. The van der Waals surface area contributed by atoms with Gasteiger partial charge in [-0.25, -0.2) is 9.78 Å². The Morgan fingerprint density at radius 1 is 1.00 bits per heavy atom. The van der Waals surface area contributed by atoms with E-state index in [4.69, 9.17) is 9.47 Å². The van der Waals surface area contributed by atoms with Gasteiger partial charge in [0.25, 0.3) is 5.91 Å². The number of ether oxygens (including phenoxy) is 2. The molecule has 11 heteroatoms. The normalized spacial score (nSPS) is 14.4. The topological polar surface area (TPSA) is 118 Å². The molecule has 1 saturated heterocycles. The molecule has 0 aliphatic carbocycles. The summed E-state index contributed by atoms with van der Waals surface area (Å²) in [5, 5.41) is 3.13. The standard InChI is InChI=1S/C31H42N4O6S/c1-7-40-30(39)35-17-15-34(16-18-35)29(38)24(13-14-27(36)41-31(4,5)6)33-28(37)26-20-23(42-21(2)3)19-25(32-26)22-11-9-8-10-12-22/h8-12,19-21,24H,7,13-18H2,1-6H3,(H,33,37). The summed E-state index contributed by atoms with van der Waals surface area (Å²) in [5.74, 6) is -1.29. The van der Waals surface area contributed by atoms with E-state index in [1.165, 1.54) is 0 Å². The van der Waals surface area contributed by atoms with Gasteiger partial charge in [-0.3, -0.25) is 14.4 Å². The lowest BCUT2D eigenvalue weighted by atomic mass is 10.1. The number of carbonyl (C=O) groups excluding carboxylic acids is 4. The largest absolute Gasteiger partial charge is 0.460 e. The van der Waals surface area contributed by atoms with Crippen molar-refractivity contribution in [3.8, 4) is 11.3 Å². The molecule has 1 fully saturated rings. The van der Waals surface area contributed by atoms with Gasteiger partial charge in [-0.05, 0) is 46.2 Å². The minimum Gasteiger partial charge on any atom is -0.460 e. The lowest BCUT2D eigenvalue weighted by molar-refractivity contribution is -0.155. The van der Waals surface area contributed by atoms with Crippen molar-refractivity contribution in [2.75, 3.05) is 32.8 Å². The summed E-state index contributed by atoms with van der Waals surface area (Å²) >= 11 is 1.61. The Morgan fingerprint density at radius 3 is 2.24 bits per heavy atom. The van der Waals surface area contributed by atoms with Gasteiger partial charge in [0.15, 0.2) is 0 Å². The Hall–Kier alpha value is -3.60. The Morgan fingerprint density at radius 2 is 1.64 bits per heavy atom. The molecule has 1 unspecified atom stereocenters. The highest BCUT2D eigenvalue weighted by molar-refractivity contribution is 7.99. The highest BCUT2D eigenvalue weighted by atomic mass is 32.2. The van der Waals surface area contributed by atoms with Gasteiger partial charge in [0, 0.05) is 48.3 Å². The third-order valence-corrected chi connectivity index (χ3v) is 7.23. The van der Waals surface area contributed by atoms with Crippen LogP contribution in [0.15, 0.2) is 47.4 Å². The molecule has 1 aromatic carbocycles. The number of pyridine rings is 1. The maximum atomic E-state index is 13.7. The number of thioether (sulfide) groups is 1. The lowest BCUT2D eigenvalue weighted by Crippen LogP contribution is -2.56. The summed E-state index contributed by atoms with van der Waals surface area (Å²) in [6.45, 7) is 12.7. The molecule has 0 bridgehead atoms. The fourth-order valence-electron chi connectivity index (χ4n) is 4.41. The maximum Gasteiger partial charge on any atom is 0.409 e. The Bertz CT molecular complexity index is 1240. The van der Waals surface area contributed by atoms with Gasteiger partial charge in [-0.2, -0.15) is 0 Å². The molecule has 42 heavy (non-hydrogen) atoms. The van der Waals surface area contributed by atoms with Gasteiger partial charge in [0.05, 0.1) is 12.3 Å². The first kappa shape index (κ1) is 32.9. The van der Waals surface area contributed by atoms with Gasteiger partial charge >= 0.3 is 12.1 Å². The molecular weight excluding hydrogens is 556 g/mol. The van der Waals surface area contributed by atoms with E-state index in [0.717, 1.165) is 10.5 Å². The van der Waals surface area contributed by atoms with Crippen molar-refractivity contribution in [1.29, 1.82) is 0 Å². The number of nitrogens with zero attached hydrogens (tertiary/aromatic N) is 3. The quantitative estimate of drug-likeness (QED) is 0.307. The fraction of sp³-hybridized carbons (Fsp3) is 0.516. The van der Waals surface area contributed by atoms with E-state index in [1.54, 1.807) is 55.3 Å². The zero-order valence-electron chi connectivity index (χ0n) is 25.3. The third-order valence-electron chi connectivity index (χ3n) is 6.25. The minimum absolute atomic E-state index is 0.0529. The van der Waals surface area contributed by atoms with E-state index in [1.807, 2.05) is 36.4 Å². The van der Waals surface area contributed by atoms with E-state index in [2.05, 4.69) is 24.1 Å². The molecule has 3 rings (SSSR count). The number of benzene rings is 1. The van der Waals surface area contributed by atoms with Crippen molar-refractivity contribution in [2.45, 2.75) is 76.2 Å². The minimum atomic E-state index is -0.984. The van der Waals surface area contributed by atoms with Gasteiger partial charge in [-0.15, -0.1) is 11.8 Å². The van der Waals surface area contributed by atoms with E-state index in [0.29, 0.717) is 18.8 Å². The van der Waals surface area contributed by atoms with Crippen molar-refractivity contribution < 1.29 is 28.7 Å². The van der Waals surface area contributed by atoms with Crippen LogP contribution in [-0.2, 0) is 19.1 Å². The lowest BCUT2D eigenvalue weighted by Gasteiger charge is -2.36. The molecule has 1 atom stereocenters. The van der Waals surface area contributed by atoms with Crippen molar-refractivity contribution in [2.24, 2.45) is 0 Å². The van der Waals surface area contributed by atoms with Crippen molar-refractivity contribution in [3.63, 3.8) is 0 Å². The van der Waals surface area contributed by atoms with E-state index >= 15 is 0 Å². The van der Waals surface area contributed by atoms with Crippen molar-refractivity contribution in [3.05, 3.63) is 48.2 Å². The highest BCUT2D eigenvalue weighted by Crippen LogP contribution is 2.28. The monoisotopic (exact) mass is 598 g/mol. The summed E-state index contributed by atoms with van der Waals surface area (Å²) < 4.78 is 10.5. The molecule has 2 aromatic rings. The summed E-state index contributed by atoms with van der Waals surface area (Å²) in [7, 11) is 0. The van der Waals surface area contributed by atoms with E-state index in [9.17, 15) is 19.2 Å². The average molecular weight is 599 g/mol. The molecule has 1 N–H and O–H groups in total. The number of hydrogen-bond acceptors (Lipinski definition) is 8. The van der Waals surface area contributed by atoms with Gasteiger partial charge in [0.2, 0.25) is 5.91 Å². The van der Waals surface area contributed by atoms with Crippen LogP contribution < -0.4 is 5.32 Å². The van der Waals surface area contributed by atoms with Crippen molar-refractivity contribution >= 4 is 35.6 Å². The number of carbonyl (C=O) groups is 4. The zero-order valence-corrected chi connectivity index (χ0v) is 26.2. The van der Waals surface area contributed by atoms with Crippen molar-refractivity contribution in [1.82, 2.24) is 20.1 Å². The second-order valence-electron chi connectivity index (χ2n) is 11.3. The summed E-state index contributed by atoms with van der Waals surface area (Å²) in [5.41, 5.74) is 1.03. The number of amides is 3. The van der Waals surface area contributed by atoms with Crippen LogP contribution in [-0.4, -0.2) is 88.3 Å². The number of aromatic nitrogens is 1. The highest BCUT2D eigenvalue weighted by Gasteiger charge is 2.32. The summed E-state index contributed by atoms with van der Waals surface area (Å²) in [4.78, 5) is 60.6. The molecule has 0 saturated carbocycles. The molecule has 10 nitrogen and oxygen atoms in total. The number of nitrogens with one attached hydrogen (secondary N) is 1. The molecule has 1 aliphatic heterocycles. The Kier molecular flexibility index (Phi) is 11.8. The van der Waals surface area contributed by atoms with Crippen LogP contribution in [0, 0.1) is 0 Å². The number of hydrogen-bond donors (Lipinski definition) is 1. The molecule has 0 radical (unpaired) electrons. The summed E-state index contributed by atoms with van der Waals surface area (Å²) in [6, 6.07) is 12.3. The smallest absolute Gasteiger partial charge is 0.409 e. The fourth-order valence-corrected chi connectivity index (χ4v) is 5.31. The molecule has 2 heterocycles. The maximum absolute atomic E-state index is 13.7. The molecular formula is C31H42N4O6S. The number of esters is 1. The third kappa shape index (κ3) is 10.0. The summed E-state index contributed by atoms with van der Waals surface area (Å²) in [6.07, 6.45) is -0.412. The average Bonchev–Trinajstić information content (AvgIpc) is 2.94.